The SMILES string of the molecule is O[C@H](CC(F)F)c1nncn1CC(F)(F)F. The van der Waals surface area contributed by atoms with Gasteiger partial charge in [-0.15, -0.1) is 10.2 Å². The van der Waals surface area contributed by atoms with Gasteiger partial charge < -0.3 is 9.67 Å². The summed E-state index contributed by atoms with van der Waals surface area (Å²) in [6, 6.07) is 0. The maximum atomic E-state index is 12.0. The summed E-state index contributed by atoms with van der Waals surface area (Å²) >= 11 is 0. The molecule has 16 heavy (non-hydrogen) atoms. The summed E-state index contributed by atoms with van der Waals surface area (Å²) in [5.41, 5.74) is 0. The van der Waals surface area contributed by atoms with Gasteiger partial charge in [0.2, 0.25) is 6.43 Å². The first-order chi connectivity index (χ1) is 7.29. The van der Waals surface area contributed by atoms with Gasteiger partial charge in [-0.25, -0.2) is 8.78 Å². The molecule has 1 heterocycles. The Morgan fingerprint density at radius 2 is 2.00 bits per heavy atom. The Kier molecular flexibility index (Phi) is 3.79. The van der Waals surface area contributed by atoms with Gasteiger partial charge in [0.15, 0.2) is 5.82 Å². The molecule has 0 saturated carbocycles. The van der Waals surface area contributed by atoms with E-state index < -0.39 is 37.5 Å². The van der Waals surface area contributed by atoms with Gasteiger partial charge in [0.25, 0.3) is 0 Å². The first-order valence-electron chi connectivity index (χ1n) is 4.20. The molecule has 0 aliphatic heterocycles. The molecule has 0 amide bonds. The van der Waals surface area contributed by atoms with Gasteiger partial charge in [-0.2, -0.15) is 13.2 Å². The van der Waals surface area contributed by atoms with Crippen LogP contribution in [0.15, 0.2) is 6.33 Å². The number of alkyl halides is 5. The molecule has 0 saturated heterocycles. The number of aliphatic hydroxyl groups excluding tert-OH is 1. The Balaban J connectivity index is 2.77. The van der Waals surface area contributed by atoms with Crippen molar-refractivity contribution in [2.24, 2.45) is 0 Å². The second-order valence-electron chi connectivity index (χ2n) is 3.07. The highest BCUT2D eigenvalue weighted by atomic mass is 19.4. The molecule has 1 aromatic heterocycles. The summed E-state index contributed by atoms with van der Waals surface area (Å²) in [6.45, 7) is -1.42. The van der Waals surface area contributed by atoms with Crippen molar-refractivity contribution in [3.63, 3.8) is 0 Å². The second kappa shape index (κ2) is 4.73. The molecule has 0 unspecified atom stereocenters. The third kappa shape index (κ3) is 3.72. The quantitative estimate of drug-likeness (QED) is 0.818. The summed E-state index contributed by atoms with van der Waals surface area (Å²) in [5, 5.41) is 15.5. The van der Waals surface area contributed by atoms with Crippen LogP contribution in [-0.2, 0) is 6.54 Å². The molecule has 92 valence electrons. The van der Waals surface area contributed by atoms with Crippen LogP contribution < -0.4 is 0 Å². The van der Waals surface area contributed by atoms with Crippen molar-refractivity contribution in [2.45, 2.75) is 31.7 Å². The first-order valence-corrected chi connectivity index (χ1v) is 4.20. The van der Waals surface area contributed by atoms with Crippen LogP contribution in [0, 0.1) is 0 Å². The molecular weight excluding hydrogens is 237 g/mol. The van der Waals surface area contributed by atoms with E-state index >= 15 is 0 Å². The summed E-state index contributed by atoms with van der Waals surface area (Å²) in [6.07, 6.45) is -9.36. The lowest BCUT2D eigenvalue weighted by molar-refractivity contribution is -0.141. The van der Waals surface area contributed by atoms with Crippen LogP contribution in [0.4, 0.5) is 22.0 Å². The van der Waals surface area contributed by atoms with Crippen molar-refractivity contribution in [3.05, 3.63) is 12.2 Å². The number of hydrogen-bond donors (Lipinski definition) is 1. The Labute approximate surface area is 86.7 Å². The fraction of sp³-hybridized carbons (Fsp3) is 0.714. The summed E-state index contributed by atoms with van der Waals surface area (Å²) in [5.74, 6) is -0.516. The van der Waals surface area contributed by atoms with Gasteiger partial charge in [-0.1, -0.05) is 0 Å². The molecule has 0 aliphatic carbocycles. The predicted molar refractivity (Wildman–Crippen MR) is 41.7 cm³/mol. The van der Waals surface area contributed by atoms with Gasteiger partial charge >= 0.3 is 6.18 Å². The van der Waals surface area contributed by atoms with Crippen molar-refractivity contribution in [2.75, 3.05) is 0 Å². The van der Waals surface area contributed by atoms with E-state index in [4.69, 9.17) is 0 Å². The maximum Gasteiger partial charge on any atom is 0.406 e. The van der Waals surface area contributed by atoms with Gasteiger partial charge in [0, 0.05) is 6.42 Å². The summed E-state index contributed by atoms with van der Waals surface area (Å²) < 4.78 is 60.4. The Morgan fingerprint density at radius 3 is 2.50 bits per heavy atom. The van der Waals surface area contributed by atoms with E-state index in [-0.39, 0.29) is 0 Å². The minimum Gasteiger partial charge on any atom is -0.385 e. The third-order valence-corrected chi connectivity index (χ3v) is 1.69. The van der Waals surface area contributed by atoms with E-state index in [1.165, 1.54) is 0 Å². The predicted octanol–water partition coefficient (Wildman–Crippen LogP) is 1.53. The molecule has 0 spiro atoms. The van der Waals surface area contributed by atoms with Gasteiger partial charge in [-0.3, -0.25) is 0 Å². The normalized spacial score (nSPS) is 14.4. The number of halogens is 5. The van der Waals surface area contributed by atoms with Crippen molar-refractivity contribution in [3.8, 4) is 0 Å². The highest BCUT2D eigenvalue weighted by Gasteiger charge is 2.30. The van der Waals surface area contributed by atoms with E-state index in [9.17, 15) is 27.1 Å². The van der Waals surface area contributed by atoms with Gasteiger partial charge in [0.05, 0.1) is 0 Å². The van der Waals surface area contributed by atoms with E-state index in [1.54, 1.807) is 0 Å². The van der Waals surface area contributed by atoms with Crippen molar-refractivity contribution >= 4 is 0 Å². The second-order valence-corrected chi connectivity index (χ2v) is 3.07. The number of hydrogen-bond acceptors (Lipinski definition) is 3. The largest absolute Gasteiger partial charge is 0.406 e. The number of aromatic nitrogens is 3. The minimum absolute atomic E-state index is 0.493. The zero-order valence-corrected chi connectivity index (χ0v) is 7.82. The molecule has 1 atom stereocenters. The van der Waals surface area contributed by atoms with Crippen molar-refractivity contribution in [1.82, 2.24) is 14.8 Å². The molecule has 0 aliphatic rings. The first kappa shape index (κ1) is 12.8. The van der Waals surface area contributed by atoms with E-state index in [1.807, 2.05) is 0 Å². The highest BCUT2D eigenvalue weighted by Crippen LogP contribution is 2.22. The Hall–Kier alpha value is -1.25. The highest BCUT2D eigenvalue weighted by molar-refractivity contribution is 4.92. The molecule has 1 N–H and O–H groups in total. The molecule has 9 heteroatoms. The van der Waals surface area contributed by atoms with E-state index in [0.717, 1.165) is 6.33 Å². The van der Waals surface area contributed by atoms with E-state index in [0.29, 0.717) is 4.57 Å². The zero-order chi connectivity index (χ0) is 12.3. The third-order valence-electron chi connectivity index (χ3n) is 1.69. The molecule has 0 radical (unpaired) electrons. The van der Waals surface area contributed by atoms with Crippen LogP contribution in [0.1, 0.15) is 18.3 Å². The fourth-order valence-electron chi connectivity index (χ4n) is 1.11. The molecule has 1 aromatic rings. The van der Waals surface area contributed by atoms with Crippen LogP contribution in [-0.4, -0.2) is 32.5 Å². The van der Waals surface area contributed by atoms with Crippen LogP contribution in [0.3, 0.4) is 0 Å². The Morgan fingerprint density at radius 1 is 1.38 bits per heavy atom. The van der Waals surface area contributed by atoms with E-state index in [2.05, 4.69) is 10.2 Å². The average molecular weight is 245 g/mol. The van der Waals surface area contributed by atoms with Crippen LogP contribution in [0.5, 0.6) is 0 Å². The van der Waals surface area contributed by atoms with Gasteiger partial charge in [-0.05, 0) is 0 Å². The van der Waals surface area contributed by atoms with Crippen molar-refractivity contribution < 1.29 is 27.1 Å². The monoisotopic (exact) mass is 245 g/mol. The molecular formula is C7H8F5N3O. The number of nitrogens with zero attached hydrogens (tertiary/aromatic N) is 3. The lowest BCUT2D eigenvalue weighted by Gasteiger charge is -2.13. The van der Waals surface area contributed by atoms with Gasteiger partial charge in [0.1, 0.15) is 19.0 Å². The lowest BCUT2D eigenvalue weighted by atomic mass is 10.2. The summed E-state index contributed by atoms with van der Waals surface area (Å²) in [7, 11) is 0. The van der Waals surface area contributed by atoms with Crippen LogP contribution >= 0.6 is 0 Å². The number of rotatable bonds is 4. The lowest BCUT2D eigenvalue weighted by Crippen LogP contribution is -2.21. The molecule has 0 bridgehead atoms. The Bertz CT molecular complexity index is 337. The smallest absolute Gasteiger partial charge is 0.385 e. The number of aliphatic hydroxyl groups is 1. The van der Waals surface area contributed by atoms with Crippen molar-refractivity contribution in [1.29, 1.82) is 0 Å². The zero-order valence-electron chi connectivity index (χ0n) is 7.82. The molecule has 1 rings (SSSR count). The molecule has 0 aromatic carbocycles. The fourth-order valence-corrected chi connectivity index (χ4v) is 1.11. The molecule has 4 nitrogen and oxygen atoms in total. The standard InChI is InChI=1S/C7H8F5N3O/c8-5(9)1-4(16)6-14-13-3-15(6)2-7(10,11)12/h3-5,16H,1-2H2/t4-/m1/s1. The summed E-state index contributed by atoms with van der Waals surface area (Å²) in [4.78, 5) is 0. The maximum absolute atomic E-state index is 12.0. The van der Waals surface area contributed by atoms with Crippen LogP contribution in [0.2, 0.25) is 0 Å². The van der Waals surface area contributed by atoms with Crippen LogP contribution in [0.25, 0.3) is 0 Å². The average Bonchev–Trinajstić information content (AvgIpc) is 2.47. The minimum atomic E-state index is -4.53. The topological polar surface area (TPSA) is 50.9 Å². The molecule has 0 fully saturated rings.